The molecule has 1 aromatic carbocycles. The summed E-state index contributed by atoms with van der Waals surface area (Å²) >= 11 is 0. The van der Waals surface area contributed by atoms with Gasteiger partial charge in [0, 0.05) is 37.2 Å². The summed E-state index contributed by atoms with van der Waals surface area (Å²) in [7, 11) is 1.81. The lowest BCUT2D eigenvalue weighted by Crippen LogP contribution is -2.28. The molecule has 0 saturated heterocycles. The number of aromatic nitrogens is 1. The zero-order valence-electron chi connectivity index (χ0n) is 10.9. The average Bonchev–Trinajstić information content (AvgIpc) is 2.46. The molecule has 0 fully saturated rings. The quantitative estimate of drug-likeness (QED) is 0.850. The Labute approximate surface area is 112 Å². The number of rotatable bonds is 4. The largest absolute Gasteiger partial charge is 0.399 e. The van der Waals surface area contributed by atoms with Crippen LogP contribution in [-0.4, -0.2) is 29.4 Å². The Morgan fingerprint density at radius 2 is 1.79 bits per heavy atom. The minimum atomic E-state index is 0.00839. The molecule has 19 heavy (non-hydrogen) atoms. The van der Waals surface area contributed by atoms with Crippen LogP contribution in [0.25, 0.3) is 0 Å². The Bertz CT molecular complexity index is 537. The lowest BCUT2D eigenvalue weighted by Gasteiger charge is -2.17. The van der Waals surface area contributed by atoms with Crippen molar-refractivity contribution in [1.29, 1.82) is 0 Å². The second-order valence-electron chi connectivity index (χ2n) is 4.45. The van der Waals surface area contributed by atoms with E-state index in [1.807, 2.05) is 12.1 Å². The van der Waals surface area contributed by atoms with Gasteiger partial charge in [0.2, 0.25) is 0 Å². The molecule has 4 heteroatoms. The first-order valence-electron chi connectivity index (χ1n) is 6.17. The number of anilines is 1. The Morgan fingerprint density at radius 1 is 1.16 bits per heavy atom. The summed E-state index contributed by atoms with van der Waals surface area (Å²) in [5.41, 5.74) is 8.10. The molecule has 0 unspecified atom stereocenters. The van der Waals surface area contributed by atoms with Crippen LogP contribution in [0.15, 0.2) is 48.8 Å². The van der Waals surface area contributed by atoms with Gasteiger partial charge in [-0.1, -0.05) is 0 Å². The molecule has 1 heterocycles. The van der Waals surface area contributed by atoms with Gasteiger partial charge in [-0.2, -0.15) is 0 Å². The number of nitrogens with two attached hydrogens (primary N) is 1. The monoisotopic (exact) mass is 255 g/mol. The molecule has 0 spiro atoms. The van der Waals surface area contributed by atoms with E-state index in [2.05, 4.69) is 4.98 Å². The summed E-state index contributed by atoms with van der Waals surface area (Å²) in [5.74, 6) is 0.00839. The van der Waals surface area contributed by atoms with Gasteiger partial charge in [0.05, 0.1) is 0 Å². The van der Waals surface area contributed by atoms with E-state index in [-0.39, 0.29) is 5.91 Å². The van der Waals surface area contributed by atoms with E-state index >= 15 is 0 Å². The topological polar surface area (TPSA) is 59.2 Å². The first-order chi connectivity index (χ1) is 9.16. The number of nitrogen functional groups attached to an aromatic ring is 1. The summed E-state index contributed by atoms with van der Waals surface area (Å²) in [6.07, 6.45) is 4.34. The number of hydrogen-bond donors (Lipinski definition) is 1. The van der Waals surface area contributed by atoms with Crippen molar-refractivity contribution in [3.63, 3.8) is 0 Å². The molecule has 0 aliphatic heterocycles. The maximum Gasteiger partial charge on any atom is 0.253 e. The maximum atomic E-state index is 12.1. The normalized spacial score (nSPS) is 10.2. The highest BCUT2D eigenvalue weighted by Gasteiger charge is 2.10. The Kier molecular flexibility index (Phi) is 4.13. The van der Waals surface area contributed by atoms with Crippen molar-refractivity contribution in [3.05, 3.63) is 59.9 Å². The molecule has 0 aliphatic rings. The van der Waals surface area contributed by atoms with Gasteiger partial charge in [0.1, 0.15) is 0 Å². The number of benzene rings is 1. The Balaban J connectivity index is 1.94. The molecule has 0 atom stereocenters. The van der Waals surface area contributed by atoms with Crippen LogP contribution in [0.3, 0.4) is 0 Å². The summed E-state index contributed by atoms with van der Waals surface area (Å²) in [6.45, 7) is 0.674. The number of carbonyl (C=O) groups excluding carboxylic acids is 1. The lowest BCUT2D eigenvalue weighted by molar-refractivity contribution is 0.0796. The number of hydrogen-bond acceptors (Lipinski definition) is 3. The van der Waals surface area contributed by atoms with Crippen LogP contribution in [0.1, 0.15) is 15.9 Å². The van der Waals surface area contributed by atoms with E-state index in [0.29, 0.717) is 17.8 Å². The Morgan fingerprint density at radius 3 is 2.42 bits per heavy atom. The van der Waals surface area contributed by atoms with Crippen LogP contribution in [-0.2, 0) is 6.42 Å². The second kappa shape index (κ2) is 6.00. The van der Waals surface area contributed by atoms with E-state index in [1.54, 1.807) is 48.6 Å². The fourth-order valence-electron chi connectivity index (χ4n) is 1.79. The third-order valence-electron chi connectivity index (χ3n) is 2.99. The van der Waals surface area contributed by atoms with Crippen molar-refractivity contribution in [3.8, 4) is 0 Å². The molecule has 2 aromatic rings. The fourth-order valence-corrected chi connectivity index (χ4v) is 1.79. The molecule has 0 aliphatic carbocycles. The number of amides is 1. The minimum absolute atomic E-state index is 0.00839. The molecular weight excluding hydrogens is 238 g/mol. The van der Waals surface area contributed by atoms with Crippen LogP contribution in [0, 0.1) is 0 Å². The summed E-state index contributed by atoms with van der Waals surface area (Å²) < 4.78 is 0. The van der Waals surface area contributed by atoms with Gasteiger partial charge < -0.3 is 10.6 Å². The summed E-state index contributed by atoms with van der Waals surface area (Å²) in [5, 5.41) is 0. The smallest absolute Gasteiger partial charge is 0.253 e. The van der Waals surface area contributed by atoms with Crippen molar-refractivity contribution in [2.75, 3.05) is 19.3 Å². The van der Waals surface area contributed by atoms with Gasteiger partial charge in [-0.3, -0.25) is 9.78 Å². The third-order valence-corrected chi connectivity index (χ3v) is 2.99. The van der Waals surface area contributed by atoms with E-state index in [1.165, 1.54) is 5.56 Å². The Hall–Kier alpha value is -2.36. The highest BCUT2D eigenvalue weighted by atomic mass is 16.2. The molecular formula is C15H17N3O. The fraction of sp³-hybridized carbons (Fsp3) is 0.200. The molecule has 98 valence electrons. The van der Waals surface area contributed by atoms with Crippen LogP contribution in [0.4, 0.5) is 5.69 Å². The number of carbonyl (C=O) groups is 1. The van der Waals surface area contributed by atoms with Gasteiger partial charge >= 0.3 is 0 Å². The van der Waals surface area contributed by atoms with E-state index < -0.39 is 0 Å². The van der Waals surface area contributed by atoms with Gasteiger partial charge in [-0.25, -0.2) is 0 Å². The SMILES string of the molecule is CN(CCc1ccncc1)C(=O)c1ccc(N)cc1. The van der Waals surface area contributed by atoms with Crippen molar-refractivity contribution in [2.45, 2.75) is 6.42 Å². The van der Waals surface area contributed by atoms with Crippen LogP contribution in [0.2, 0.25) is 0 Å². The van der Waals surface area contributed by atoms with Crippen molar-refractivity contribution in [2.24, 2.45) is 0 Å². The summed E-state index contributed by atoms with van der Waals surface area (Å²) in [4.78, 5) is 17.8. The van der Waals surface area contributed by atoms with Gasteiger partial charge in [0.25, 0.3) is 5.91 Å². The number of nitrogens with zero attached hydrogens (tertiary/aromatic N) is 2. The van der Waals surface area contributed by atoms with E-state index in [9.17, 15) is 4.79 Å². The van der Waals surface area contributed by atoms with E-state index in [4.69, 9.17) is 5.73 Å². The first-order valence-corrected chi connectivity index (χ1v) is 6.17. The molecule has 1 aromatic heterocycles. The van der Waals surface area contributed by atoms with Crippen LogP contribution >= 0.6 is 0 Å². The predicted octanol–water partition coefficient (Wildman–Crippen LogP) is 1.98. The predicted molar refractivity (Wildman–Crippen MR) is 75.8 cm³/mol. The molecule has 0 bridgehead atoms. The molecule has 0 saturated carbocycles. The highest BCUT2D eigenvalue weighted by Crippen LogP contribution is 2.08. The third kappa shape index (κ3) is 3.55. The average molecular weight is 255 g/mol. The molecule has 2 N–H and O–H groups in total. The molecule has 0 radical (unpaired) electrons. The highest BCUT2D eigenvalue weighted by molar-refractivity contribution is 5.94. The number of likely N-dealkylation sites (N-methyl/N-ethyl adjacent to an activating group) is 1. The standard InChI is InChI=1S/C15H17N3O/c1-18(11-8-12-6-9-17-10-7-12)15(19)13-2-4-14(16)5-3-13/h2-7,9-10H,8,11,16H2,1H3. The maximum absolute atomic E-state index is 12.1. The van der Waals surface area contributed by atoms with Crippen molar-refractivity contribution >= 4 is 11.6 Å². The molecule has 2 rings (SSSR count). The lowest BCUT2D eigenvalue weighted by atomic mass is 10.1. The zero-order valence-corrected chi connectivity index (χ0v) is 10.9. The van der Waals surface area contributed by atoms with Crippen LogP contribution < -0.4 is 5.73 Å². The molecule has 4 nitrogen and oxygen atoms in total. The van der Waals surface area contributed by atoms with Crippen molar-refractivity contribution in [1.82, 2.24) is 9.88 Å². The summed E-state index contributed by atoms with van der Waals surface area (Å²) in [6, 6.07) is 10.9. The van der Waals surface area contributed by atoms with Gasteiger partial charge in [-0.15, -0.1) is 0 Å². The van der Waals surface area contributed by atoms with Crippen molar-refractivity contribution < 1.29 is 4.79 Å². The minimum Gasteiger partial charge on any atom is -0.399 e. The number of pyridine rings is 1. The molecule has 1 amide bonds. The zero-order chi connectivity index (χ0) is 13.7. The first kappa shape index (κ1) is 13.1. The van der Waals surface area contributed by atoms with Gasteiger partial charge in [0.15, 0.2) is 0 Å². The second-order valence-corrected chi connectivity index (χ2v) is 4.45. The van der Waals surface area contributed by atoms with Crippen LogP contribution in [0.5, 0.6) is 0 Å². The van der Waals surface area contributed by atoms with Gasteiger partial charge in [-0.05, 0) is 48.4 Å². The van der Waals surface area contributed by atoms with E-state index in [0.717, 1.165) is 6.42 Å².